The van der Waals surface area contributed by atoms with E-state index in [1.807, 2.05) is 0 Å². The maximum atomic E-state index is 15.4. The van der Waals surface area contributed by atoms with E-state index in [1.54, 1.807) is 66.7 Å². The average molecular weight is 850 g/mol. The molecule has 4 aliphatic rings. The number of carbonyl (C=O) groups excluding carboxylic acids is 6. The van der Waals surface area contributed by atoms with Crippen LogP contribution in [0.4, 0.5) is 4.79 Å². The second kappa shape index (κ2) is 16.2. The highest BCUT2D eigenvalue weighted by atomic mass is 16.6. The second-order valence-corrected chi connectivity index (χ2v) is 18.3. The lowest BCUT2D eigenvalue weighted by molar-refractivity contribution is -0.332. The normalized spacial score (nSPS) is 31.3. The van der Waals surface area contributed by atoms with E-state index in [9.17, 15) is 39.3 Å². The van der Waals surface area contributed by atoms with Gasteiger partial charge in [-0.25, -0.2) is 14.4 Å². The van der Waals surface area contributed by atoms with Gasteiger partial charge in [0, 0.05) is 31.1 Å². The van der Waals surface area contributed by atoms with Crippen molar-refractivity contribution >= 4 is 35.8 Å². The summed E-state index contributed by atoms with van der Waals surface area (Å²) in [6.07, 6.45) is -8.87. The highest BCUT2D eigenvalue weighted by Gasteiger charge is 2.76. The Morgan fingerprint density at radius 3 is 2.11 bits per heavy atom. The van der Waals surface area contributed by atoms with Crippen LogP contribution in [0.2, 0.25) is 0 Å². The van der Waals surface area contributed by atoms with Crippen LogP contribution in [0.5, 0.6) is 5.75 Å². The molecule has 3 aliphatic carbocycles. The minimum Gasteiger partial charge on any atom is -0.508 e. The summed E-state index contributed by atoms with van der Waals surface area (Å²) in [6.45, 7) is 13.3. The van der Waals surface area contributed by atoms with Gasteiger partial charge in [-0.3, -0.25) is 14.4 Å². The quantitative estimate of drug-likeness (QED) is 0.154. The summed E-state index contributed by atoms with van der Waals surface area (Å²) in [5, 5.41) is 37.8. The van der Waals surface area contributed by atoms with Gasteiger partial charge in [-0.05, 0) is 81.5 Å². The molecule has 61 heavy (non-hydrogen) atoms. The lowest BCUT2D eigenvalue weighted by Crippen LogP contribution is -2.79. The number of aliphatic hydroxyl groups excluding tert-OH is 1. The number of ketones is 1. The molecule has 2 aromatic rings. The summed E-state index contributed by atoms with van der Waals surface area (Å²) in [7, 11) is 0. The van der Waals surface area contributed by atoms with Crippen molar-refractivity contribution in [2.24, 2.45) is 16.7 Å². The fourth-order valence-electron chi connectivity index (χ4n) is 9.84. The van der Waals surface area contributed by atoms with E-state index in [4.69, 9.17) is 28.4 Å². The molecule has 2 saturated carbocycles. The molecule has 16 nitrogen and oxygen atoms in total. The van der Waals surface area contributed by atoms with Crippen LogP contribution in [-0.2, 0) is 47.6 Å². The molecule has 0 aromatic heterocycles. The van der Waals surface area contributed by atoms with Gasteiger partial charge in [0.25, 0.3) is 0 Å². The zero-order valence-corrected chi connectivity index (χ0v) is 35.8. The van der Waals surface area contributed by atoms with Crippen LogP contribution in [0.15, 0.2) is 65.7 Å². The van der Waals surface area contributed by atoms with E-state index in [2.05, 4.69) is 5.32 Å². The molecule has 0 spiro atoms. The number of fused-ring (bicyclic) bond motifs is 5. The molecule has 16 heteroatoms. The summed E-state index contributed by atoms with van der Waals surface area (Å²) < 4.78 is 35.8. The van der Waals surface area contributed by atoms with Gasteiger partial charge in [-0.15, -0.1) is 0 Å². The van der Waals surface area contributed by atoms with Crippen molar-refractivity contribution in [3.8, 4) is 5.75 Å². The monoisotopic (exact) mass is 849 g/mol. The number of Topliss-reactive ketones (excluding diaryl/α,β-unsaturated/α-hetero) is 1. The van der Waals surface area contributed by atoms with E-state index in [0.717, 1.165) is 6.92 Å². The number of hydrogen-bond acceptors (Lipinski definition) is 15. The molecule has 0 radical (unpaired) electrons. The van der Waals surface area contributed by atoms with Crippen molar-refractivity contribution in [1.29, 1.82) is 0 Å². The zero-order valence-electron chi connectivity index (χ0n) is 35.8. The van der Waals surface area contributed by atoms with Crippen LogP contribution in [0, 0.1) is 16.7 Å². The number of esters is 4. The molecular formula is C45H55NO15. The highest BCUT2D eigenvalue weighted by molar-refractivity contribution is 5.95. The predicted octanol–water partition coefficient (Wildman–Crippen LogP) is 4.57. The molecule has 330 valence electrons. The molecular weight excluding hydrogens is 794 g/mol. The molecule has 2 aromatic carbocycles. The van der Waals surface area contributed by atoms with Crippen molar-refractivity contribution in [3.63, 3.8) is 0 Å². The van der Waals surface area contributed by atoms with Crippen molar-refractivity contribution in [2.75, 3.05) is 6.61 Å². The average Bonchev–Trinajstić information content (AvgIpc) is 3.15. The maximum Gasteiger partial charge on any atom is 0.408 e. The minimum atomic E-state index is -2.30. The number of hydrogen-bond donors (Lipinski definition) is 4. The standard InChI is InChI=1S/C45H55NO15/c1-23-29(58-39(53)33(50)32(26-15-17-28(49)18-16-26)46-40(54)61-41(4,5)6)21-45(55)37(59-38(52)27-13-11-10-12-14-27)35-43(9,20-19-30-44(35,22-56-30)60-25(3)48)36(51)34(57-24(2)47)31(23)42(45,7)8/h10-18,29-30,32-35,37,49-50,55H,19-22H2,1-9H3,(H,46,54)/t29-,30+,32-,33+,34+,35?,37?,43+,44-,45+/m0/s1. The number of ether oxygens (including phenoxy) is 6. The molecule has 1 amide bonds. The molecule has 10 atom stereocenters. The number of nitrogens with one attached hydrogen (secondary N) is 1. The lowest BCUT2D eigenvalue weighted by Gasteiger charge is -2.66. The third-order valence-electron chi connectivity index (χ3n) is 12.8. The first-order valence-corrected chi connectivity index (χ1v) is 20.3. The van der Waals surface area contributed by atoms with Gasteiger partial charge in [0.2, 0.25) is 0 Å². The second-order valence-electron chi connectivity index (χ2n) is 18.3. The van der Waals surface area contributed by atoms with Crippen LogP contribution >= 0.6 is 0 Å². The summed E-state index contributed by atoms with van der Waals surface area (Å²) in [5.41, 5.74) is -7.48. The number of phenols is 1. The van der Waals surface area contributed by atoms with Crippen LogP contribution < -0.4 is 5.32 Å². The highest BCUT2D eigenvalue weighted by Crippen LogP contribution is 2.64. The molecule has 2 unspecified atom stereocenters. The van der Waals surface area contributed by atoms with Gasteiger partial charge in [0.05, 0.1) is 24.1 Å². The topological polar surface area (TPSA) is 231 Å². The van der Waals surface area contributed by atoms with Crippen LogP contribution in [0.3, 0.4) is 0 Å². The molecule has 1 aliphatic heterocycles. The molecule has 3 fully saturated rings. The number of carbonyl (C=O) groups is 6. The van der Waals surface area contributed by atoms with Gasteiger partial charge < -0.3 is 49.1 Å². The summed E-state index contributed by atoms with van der Waals surface area (Å²) >= 11 is 0. The fraction of sp³-hybridized carbons (Fsp3) is 0.556. The molecule has 4 N–H and O–H groups in total. The van der Waals surface area contributed by atoms with E-state index in [0.29, 0.717) is 0 Å². The minimum absolute atomic E-state index is 0.0738. The maximum absolute atomic E-state index is 15.4. The molecule has 1 saturated heterocycles. The Kier molecular flexibility index (Phi) is 12.0. The van der Waals surface area contributed by atoms with Crippen LogP contribution in [0.1, 0.15) is 104 Å². The third kappa shape index (κ3) is 8.12. The summed E-state index contributed by atoms with van der Waals surface area (Å²) in [4.78, 5) is 82.8. The van der Waals surface area contributed by atoms with Crippen molar-refractivity contribution in [3.05, 3.63) is 76.9 Å². The van der Waals surface area contributed by atoms with Crippen molar-refractivity contribution in [1.82, 2.24) is 5.32 Å². The first kappa shape index (κ1) is 45.2. The van der Waals surface area contributed by atoms with Gasteiger partial charge in [-0.2, -0.15) is 0 Å². The third-order valence-corrected chi connectivity index (χ3v) is 12.8. The predicted molar refractivity (Wildman–Crippen MR) is 213 cm³/mol. The smallest absolute Gasteiger partial charge is 0.408 e. The first-order chi connectivity index (χ1) is 28.4. The number of aliphatic hydroxyl groups is 2. The van der Waals surface area contributed by atoms with Gasteiger partial charge in [0.1, 0.15) is 35.3 Å². The lowest BCUT2D eigenvalue weighted by atomic mass is 9.45. The SMILES string of the molecule is CC(=O)O[C@H]1C(=O)[C@]2(C)CC[C@H]3OC[C@@]3(OC(C)=O)C2C(OC(=O)c2ccccc2)[C@]2(O)C[C@H](OC(=O)[C@H](O)[C@@H](NC(=O)OC(C)(C)C)c3ccc(O)cc3)C(C)=C1C2(C)C. The molecule has 1 heterocycles. The Hall–Kier alpha value is -5.32. The molecule has 6 rings (SSSR count). The van der Waals surface area contributed by atoms with E-state index < -0.39 is 112 Å². The number of aromatic hydroxyl groups is 1. The Labute approximate surface area is 353 Å². The number of benzene rings is 2. The van der Waals surface area contributed by atoms with E-state index >= 15 is 4.79 Å². The number of alkyl carbamates (subject to hydrolysis) is 1. The first-order valence-electron chi connectivity index (χ1n) is 20.3. The Balaban J connectivity index is 1.52. The Morgan fingerprint density at radius 2 is 1.56 bits per heavy atom. The van der Waals surface area contributed by atoms with Crippen molar-refractivity contribution < 1.29 is 72.5 Å². The fourth-order valence-corrected chi connectivity index (χ4v) is 9.84. The summed E-state index contributed by atoms with van der Waals surface area (Å²) in [5.74, 6) is -5.76. The van der Waals surface area contributed by atoms with Crippen molar-refractivity contribution in [2.45, 2.75) is 135 Å². The van der Waals surface area contributed by atoms with Gasteiger partial charge in [-0.1, -0.05) is 51.1 Å². The number of rotatable bonds is 9. The van der Waals surface area contributed by atoms with Crippen LogP contribution in [0.25, 0.3) is 0 Å². The number of phenolic OH excluding ortho intramolecular Hbond substituents is 1. The molecule has 2 bridgehead atoms. The van der Waals surface area contributed by atoms with E-state index in [-0.39, 0.29) is 47.5 Å². The van der Waals surface area contributed by atoms with Gasteiger partial charge in [0.15, 0.2) is 23.6 Å². The van der Waals surface area contributed by atoms with E-state index in [1.165, 1.54) is 43.3 Å². The summed E-state index contributed by atoms with van der Waals surface area (Å²) in [6, 6.07) is 11.8. The Morgan fingerprint density at radius 1 is 0.918 bits per heavy atom. The Bertz CT molecular complexity index is 2110. The van der Waals surface area contributed by atoms with Gasteiger partial charge >= 0.3 is 30.0 Å². The zero-order chi connectivity index (χ0) is 45.0. The largest absolute Gasteiger partial charge is 0.508 e. The number of amides is 1. The van der Waals surface area contributed by atoms with Crippen LogP contribution in [-0.4, -0.2) is 105 Å².